The van der Waals surface area contributed by atoms with Gasteiger partial charge in [0.2, 0.25) is 0 Å². The van der Waals surface area contributed by atoms with Gasteiger partial charge < -0.3 is 9.13 Å². The zero-order chi connectivity index (χ0) is 53.8. The summed E-state index contributed by atoms with van der Waals surface area (Å²) in [7, 11) is 0. The maximum Gasteiger partial charge on any atom is 0.415 e. The minimum absolute atomic E-state index is 0.0206. The summed E-state index contributed by atoms with van der Waals surface area (Å²) in [5, 5.41) is 35.0. The van der Waals surface area contributed by atoms with E-state index in [1.165, 1.54) is 12.1 Å². The summed E-state index contributed by atoms with van der Waals surface area (Å²) >= 11 is 0. The van der Waals surface area contributed by atoms with Crippen LogP contribution in [0.15, 0.2) is 200 Å². The molecule has 0 amide bonds. The number of fused-ring (bicyclic) bond motifs is 6. The van der Waals surface area contributed by atoms with Crippen molar-refractivity contribution in [1.29, 1.82) is 15.8 Å². The molecule has 0 unspecified atom stereocenters. The number of alkyl halides is 3. The van der Waals surface area contributed by atoms with E-state index in [2.05, 4.69) is 32.7 Å². The maximum atomic E-state index is 15.5. The van der Waals surface area contributed by atoms with Crippen molar-refractivity contribution >= 4 is 60.7 Å². The molecule has 12 rings (SSSR count). The van der Waals surface area contributed by atoms with Gasteiger partial charge in [-0.1, -0.05) is 127 Å². The predicted molar refractivity (Wildman–Crippen MR) is 300 cm³/mol. The molecular weight excluding hydrogens is 974 g/mol. The molecule has 2 aromatic heterocycles. The lowest BCUT2D eigenvalue weighted by molar-refractivity contribution is -0.137. The summed E-state index contributed by atoms with van der Waals surface area (Å²) < 4.78 is 50.1. The van der Waals surface area contributed by atoms with Crippen molar-refractivity contribution in [2.45, 2.75) is 6.18 Å². The molecule has 0 atom stereocenters. The normalized spacial score (nSPS) is 11.2. The van der Waals surface area contributed by atoms with Crippen molar-refractivity contribution in [3.05, 3.63) is 257 Å². The molecule has 8 nitrogen and oxygen atoms in total. The fourth-order valence-corrected chi connectivity index (χ4v) is 10.9. The average molecular weight is 1010 g/mol. The quantitative estimate of drug-likeness (QED) is 0.149. The van der Waals surface area contributed by atoms with Gasteiger partial charge in [0.05, 0.1) is 82.0 Å². The second kappa shape index (κ2) is 18.8. The molecule has 0 aliphatic carbocycles. The first-order valence-corrected chi connectivity index (χ1v) is 24.3. The first-order chi connectivity index (χ1) is 38.1. The summed E-state index contributed by atoms with van der Waals surface area (Å²) in [5.74, 6) is 0. The van der Waals surface area contributed by atoms with E-state index in [1.807, 2.05) is 130 Å². The van der Waals surface area contributed by atoms with Crippen molar-refractivity contribution in [3.8, 4) is 85.2 Å². The Morgan fingerprint density at radius 1 is 0.372 bits per heavy atom. The zero-order valence-corrected chi connectivity index (χ0v) is 40.8. The second-order valence-electron chi connectivity index (χ2n) is 18.5. The van der Waals surface area contributed by atoms with Gasteiger partial charge >= 0.3 is 6.18 Å². The van der Waals surface area contributed by atoms with Crippen LogP contribution < -0.4 is 0 Å². The zero-order valence-electron chi connectivity index (χ0n) is 40.8. The predicted octanol–water partition coefficient (Wildman–Crippen LogP) is 18.5. The SMILES string of the molecule is [C-]#[N+]c1ccccc1-c1ccc2c(c1)c1cc(-c3ccccc3C#N)ccc1n2-c1cc(-c2c([N+]#[C-])cccc2C(F)(F)F)cc(-n2c3ccc(-c4ccccc4C#N)cc3c3cc(-c4ccccc4[N+]#[C-])ccc32)c1C#N. The van der Waals surface area contributed by atoms with Gasteiger partial charge in [-0.15, -0.1) is 0 Å². The van der Waals surface area contributed by atoms with E-state index in [9.17, 15) is 15.8 Å². The lowest BCUT2D eigenvalue weighted by atomic mass is 9.94. The Kier molecular flexibility index (Phi) is 11.4. The van der Waals surface area contributed by atoms with E-state index in [4.69, 9.17) is 19.7 Å². The number of aromatic nitrogens is 2. The van der Waals surface area contributed by atoms with Crippen LogP contribution >= 0.6 is 0 Å². The Balaban J connectivity index is 1.24. The van der Waals surface area contributed by atoms with Gasteiger partial charge in [-0.3, -0.25) is 0 Å². The van der Waals surface area contributed by atoms with Crippen LogP contribution in [0.2, 0.25) is 0 Å². The highest BCUT2D eigenvalue weighted by Crippen LogP contribution is 2.48. The van der Waals surface area contributed by atoms with Crippen molar-refractivity contribution in [3.63, 3.8) is 0 Å². The van der Waals surface area contributed by atoms with Gasteiger partial charge in [-0.2, -0.15) is 29.0 Å². The number of hydrogen-bond donors (Lipinski definition) is 0. The standard InChI is InChI=1S/C67H33F3N8/c1-74-57-20-10-8-17-49(57)42-25-29-62-53(33-42)51-31-40(47-15-6-4-13-44(47)37-71)23-27-60(51)77(62)64-35-46(66-56(67(68,69)70)19-12-22-59(66)76-3)36-65(55(64)39-73)78-61-28-24-41(48-16-7-5-14-45(48)38-72)32-52(61)54-34-43(26-30-63(54)78)50-18-9-11-21-58(50)75-2/h4-36H. The van der Waals surface area contributed by atoms with Crippen LogP contribution in [-0.2, 0) is 6.18 Å². The Hall–Kier alpha value is -11.5. The van der Waals surface area contributed by atoms with Crippen LogP contribution in [0, 0.1) is 53.7 Å². The summed E-state index contributed by atoms with van der Waals surface area (Å²) in [4.78, 5) is 11.2. The first-order valence-electron chi connectivity index (χ1n) is 24.3. The molecule has 0 spiro atoms. The fraction of sp³-hybridized carbons (Fsp3) is 0.0149. The van der Waals surface area contributed by atoms with Crippen LogP contribution in [-0.4, -0.2) is 9.13 Å². The van der Waals surface area contributed by atoms with Gasteiger partial charge in [0, 0.05) is 21.5 Å². The van der Waals surface area contributed by atoms with Gasteiger partial charge in [0.25, 0.3) is 0 Å². The molecule has 0 aliphatic heterocycles. The highest BCUT2D eigenvalue weighted by molar-refractivity contribution is 6.14. The number of nitriles is 3. The summed E-state index contributed by atoms with van der Waals surface area (Å²) in [6, 6.07) is 65.5. The molecule has 0 N–H and O–H groups in total. The molecule has 0 radical (unpaired) electrons. The fourth-order valence-electron chi connectivity index (χ4n) is 10.9. The Morgan fingerprint density at radius 2 is 0.731 bits per heavy atom. The largest absolute Gasteiger partial charge is 0.415 e. The number of benzene rings is 10. The maximum absolute atomic E-state index is 15.5. The molecule has 12 aromatic rings. The van der Waals surface area contributed by atoms with E-state index in [0.717, 1.165) is 28.3 Å². The van der Waals surface area contributed by atoms with Crippen molar-refractivity contribution in [2.75, 3.05) is 0 Å². The van der Waals surface area contributed by atoms with Gasteiger partial charge in [0.15, 0.2) is 17.1 Å². The third-order valence-corrected chi connectivity index (χ3v) is 14.4. The summed E-state index contributed by atoms with van der Waals surface area (Å²) in [6.07, 6.45) is -4.90. The average Bonchev–Trinajstić information content (AvgIpc) is 4.19. The van der Waals surface area contributed by atoms with Crippen molar-refractivity contribution in [1.82, 2.24) is 9.13 Å². The van der Waals surface area contributed by atoms with Crippen LogP contribution in [0.4, 0.5) is 30.2 Å². The van der Waals surface area contributed by atoms with Crippen molar-refractivity contribution in [2.24, 2.45) is 0 Å². The number of para-hydroxylation sites is 2. The lowest BCUT2D eigenvalue weighted by Crippen LogP contribution is -2.09. The number of halogens is 3. The number of rotatable bonds is 7. The molecule has 0 bridgehead atoms. The van der Waals surface area contributed by atoms with Crippen LogP contribution in [0.25, 0.3) is 125 Å². The third kappa shape index (κ3) is 7.65. The van der Waals surface area contributed by atoms with E-state index < -0.39 is 11.7 Å². The molecule has 0 fully saturated rings. The first kappa shape index (κ1) is 47.5. The Morgan fingerprint density at radius 3 is 1.10 bits per heavy atom. The summed E-state index contributed by atoms with van der Waals surface area (Å²) in [5.41, 5.74) is 8.64. The number of hydrogen-bond acceptors (Lipinski definition) is 3. The van der Waals surface area contributed by atoms with Crippen LogP contribution in [0.5, 0.6) is 0 Å². The highest BCUT2D eigenvalue weighted by atomic mass is 19.4. The Labute approximate surface area is 444 Å². The molecule has 0 saturated carbocycles. The lowest BCUT2D eigenvalue weighted by Gasteiger charge is -2.21. The monoisotopic (exact) mass is 1010 g/mol. The molecule has 2 heterocycles. The van der Waals surface area contributed by atoms with Gasteiger partial charge in [-0.05, 0) is 128 Å². The van der Waals surface area contributed by atoms with Crippen LogP contribution in [0.1, 0.15) is 22.3 Å². The van der Waals surface area contributed by atoms with E-state index in [-0.39, 0.29) is 33.8 Å². The minimum Gasteiger partial charge on any atom is -0.308 e. The summed E-state index contributed by atoms with van der Waals surface area (Å²) in [6.45, 7) is 24.2. The van der Waals surface area contributed by atoms with E-state index >= 15 is 13.2 Å². The van der Waals surface area contributed by atoms with E-state index in [0.29, 0.717) is 88.4 Å². The molecule has 362 valence electrons. The van der Waals surface area contributed by atoms with Crippen molar-refractivity contribution < 1.29 is 13.2 Å². The molecule has 78 heavy (non-hydrogen) atoms. The molecule has 11 heteroatoms. The molecule has 0 saturated heterocycles. The molecule has 0 aliphatic rings. The van der Waals surface area contributed by atoms with Crippen LogP contribution in [0.3, 0.4) is 0 Å². The number of nitrogens with zero attached hydrogens (tertiary/aromatic N) is 8. The third-order valence-electron chi connectivity index (χ3n) is 14.4. The topological polar surface area (TPSA) is 94.3 Å². The Bertz CT molecular complexity index is 4330. The highest BCUT2D eigenvalue weighted by Gasteiger charge is 2.35. The second-order valence-corrected chi connectivity index (χ2v) is 18.5. The van der Waals surface area contributed by atoms with E-state index in [1.54, 1.807) is 60.7 Å². The molecule has 10 aromatic carbocycles. The minimum atomic E-state index is -4.90. The van der Waals surface area contributed by atoms with Gasteiger partial charge in [0.1, 0.15) is 11.6 Å². The van der Waals surface area contributed by atoms with Gasteiger partial charge in [-0.25, -0.2) is 14.5 Å². The molecular formula is C67H33F3N8. The smallest absolute Gasteiger partial charge is 0.308 e.